The fourth-order valence-electron chi connectivity index (χ4n) is 2.85. The van der Waals surface area contributed by atoms with Crippen LogP contribution >= 0.6 is 23.1 Å². The van der Waals surface area contributed by atoms with E-state index in [0.29, 0.717) is 12.3 Å². The third kappa shape index (κ3) is 4.61. The summed E-state index contributed by atoms with van der Waals surface area (Å²) in [7, 11) is 1.83. The van der Waals surface area contributed by atoms with Crippen LogP contribution in [0.15, 0.2) is 71.3 Å². The zero-order chi connectivity index (χ0) is 19.3. The minimum Gasteiger partial charge on any atom is -0.341 e. The Kier molecular flexibility index (Phi) is 5.73. The molecule has 7 heteroatoms. The van der Waals surface area contributed by atoms with Crippen LogP contribution < -0.4 is 0 Å². The number of carbonyl (C=O) groups excluding carboxylic acids is 1. The average molecular weight is 409 g/mol. The molecule has 0 fully saturated rings. The van der Waals surface area contributed by atoms with Crippen LogP contribution in [0.3, 0.4) is 0 Å². The molecule has 142 valence electrons. The van der Waals surface area contributed by atoms with E-state index in [1.165, 1.54) is 17.3 Å². The number of nitrogens with zero attached hydrogens (tertiary/aromatic N) is 4. The Morgan fingerprint density at radius 1 is 1.11 bits per heavy atom. The first-order chi connectivity index (χ1) is 13.7. The normalized spacial score (nSPS) is 11.0. The number of thioether (sulfide) groups is 1. The molecule has 0 saturated carbocycles. The average Bonchev–Trinajstić information content (AvgIpc) is 3.33. The molecule has 5 nitrogen and oxygen atoms in total. The van der Waals surface area contributed by atoms with Gasteiger partial charge in [-0.1, -0.05) is 54.2 Å². The minimum atomic E-state index is 0.0834. The van der Waals surface area contributed by atoms with E-state index >= 15 is 0 Å². The maximum absolute atomic E-state index is 12.5. The predicted octanol–water partition coefficient (Wildman–Crippen LogP) is 4.29. The van der Waals surface area contributed by atoms with Crippen LogP contribution in [-0.4, -0.2) is 38.4 Å². The molecule has 0 aliphatic heterocycles. The van der Waals surface area contributed by atoms with Crippen molar-refractivity contribution in [3.8, 4) is 0 Å². The number of fused-ring (bicyclic) bond motifs is 1. The fourth-order valence-corrected chi connectivity index (χ4v) is 4.86. The van der Waals surface area contributed by atoms with Crippen molar-refractivity contribution < 1.29 is 4.79 Å². The van der Waals surface area contributed by atoms with Gasteiger partial charge in [-0.15, -0.1) is 11.3 Å². The summed E-state index contributed by atoms with van der Waals surface area (Å²) < 4.78 is 3.98. The zero-order valence-electron chi connectivity index (χ0n) is 15.5. The monoisotopic (exact) mass is 408 g/mol. The molecule has 2 heterocycles. The Morgan fingerprint density at radius 2 is 1.89 bits per heavy atom. The number of amides is 1. The van der Waals surface area contributed by atoms with Crippen LogP contribution in [0.25, 0.3) is 10.2 Å². The summed E-state index contributed by atoms with van der Waals surface area (Å²) in [4.78, 5) is 18.8. The van der Waals surface area contributed by atoms with Gasteiger partial charge in [0.1, 0.15) is 0 Å². The predicted molar refractivity (Wildman–Crippen MR) is 115 cm³/mol. The van der Waals surface area contributed by atoms with E-state index in [2.05, 4.69) is 28.3 Å². The number of carbonyl (C=O) groups is 1. The summed E-state index contributed by atoms with van der Waals surface area (Å²) in [6, 6.07) is 18.2. The molecule has 28 heavy (non-hydrogen) atoms. The van der Waals surface area contributed by atoms with Gasteiger partial charge in [0.25, 0.3) is 0 Å². The van der Waals surface area contributed by atoms with Crippen molar-refractivity contribution >= 4 is 39.2 Å². The lowest BCUT2D eigenvalue weighted by atomic mass is 10.2. The highest BCUT2D eigenvalue weighted by Gasteiger charge is 2.13. The second-order valence-electron chi connectivity index (χ2n) is 6.52. The molecule has 0 saturated heterocycles. The number of hydrogen-bond acceptors (Lipinski definition) is 5. The van der Waals surface area contributed by atoms with Gasteiger partial charge in [0.15, 0.2) is 4.34 Å². The van der Waals surface area contributed by atoms with E-state index in [1.807, 2.05) is 60.5 Å². The molecule has 0 spiro atoms. The Labute approximate surface area is 172 Å². The van der Waals surface area contributed by atoms with Crippen molar-refractivity contribution in [2.75, 3.05) is 12.8 Å². The Balaban J connectivity index is 1.30. The van der Waals surface area contributed by atoms with Crippen molar-refractivity contribution in [2.24, 2.45) is 0 Å². The van der Waals surface area contributed by atoms with E-state index in [0.717, 1.165) is 26.7 Å². The highest BCUT2D eigenvalue weighted by Crippen LogP contribution is 2.29. The lowest BCUT2D eigenvalue weighted by Crippen LogP contribution is -2.27. The molecule has 2 aromatic heterocycles. The van der Waals surface area contributed by atoms with E-state index in [4.69, 9.17) is 0 Å². The molecule has 4 aromatic rings. The van der Waals surface area contributed by atoms with E-state index in [-0.39, 0.29) is 5.91 Å². The summed E-state index contributed by atoms with van der Waals surface area (Å²) in [6.45, 7) is 1.28. The Morgan fingerprint density at radius 3 is 2.71 bits per heavy atom. The number of hydrogen-bond donors (Lipinski definition) is 0. The maximum Gasteiger partial charge on any atom is 0.233 e. The number of thiazole rings is 1. The van der Waals surface area contributed by atoms with Crippen LogP contribution in [0.5, 0.6) is 0 Å². The topological polar surface area (TPSA) is 51.0 Å². The van der Waals surface area contributed by atoms with Gasteiger partial charge < -0.3 is 4.90 Å². The smallest absolute Gasteiger partial charge is 0.233 e. The summed E-state index contributed by atoms with van der Waals surface area (Å²) in [5, 5.41) is 4.41. The summed E-state index contributed by atoms with van der Waals surface area (Å²) in [5.41, 5.74) is 3.22. The van der Waals surface area contributed by atoms with Gasteiger partial charge in [-0.2, -0.15) is 5.10 Å². The first kappa shape index (κ1) is 18.7. The van der Waals surface area contributed by atoms with Gasteiger partial charge in [-0.3, -0.25) is 9.48 Å². The van der Waals surface area contributed by atoms with Gasteiger partial charge >= 0.3 is 0 Å². The number of benzene rings is 2. The van der Waals surface area contributed by atoms with Gasteiger partial charge in [0, 0.05) is 25.4 Å². The van der Waals surface area contributed by atoms with E-state index < -0.39 is 0 Å². The largest absolute Gasteiger partial charge is 0.341 e. The molecule has 0 aliphatic rings. The van der Waals surface area contributed by atoms with Gasteiger partial charge in [-0.25, -0.2) is 4.98 Å². The third-order valence-electron chi connectivity index (χ3n) is 4.31. The first-order valence-electron chi connectivity index (χ1n) is 8.95. The van der Waals surface area contributed by atoms with E-state index in [9.17, 15) is 4.79 Å². The van der Waals surface area contributed by atoms with Gasteiger partial charge in [0.2, 0.25) is 5.91 Å². The number of para-hydroxylation sites is 1. The zero-order valence-corrected chi connectivity index (χ0v) is 17.1. The van der Waals surface area contributed by atoms with E-state index in [1.54, 1.807) is 16.2 Å². The Hall–Kier alpha value is -2.64. The number of aromatic nitrogens is 3. The van der Waals surface area contributed by atoms with Crippen molar-refractivity contribution in [1.29, 1.82) is 0 Å². The van der Waals surface area contributed by atoms with Crippen LogP contribution in [0, 0.1) is 0 Å². The highest BCUT2D eigenvalue weighted by atomic mass is 32.2. The minimum absolute atomic E-state index is 0.0834. The lowest BCUT2D eigenvalue weighted by molar-refractivity contribution is -0.127. The quantitative estimate of drug-likeness (QED) is 0.428. The molecule has 0 aliphatic carbocycles. The molecule has 0 N–H and O–H groups in total. The molecule has 0 atom stereocenters. The van der Waals surface area contributed by atoms with Crippen LogP contribution in [-0.2, 0) is 17.9 Å². The van der Waals surface area contributed by atoms with Crippen molar-refractivity contribution in [3.63, 3.8) is 0 Å². The molecule has 0 bridgehead atoms. The SMILES string of the molecule is CN(Cc1cnn(Cc2ccccc2)c1)C(=O)CSc1nc2ccccc2s1. The van der Waals surface area contributed by atoms with Gasteiger partial charge in [0.05, 0.1) is 28.7 Å². The van der Waals surface area contributed by atoms with Crippen molar-refractivity contribution in [3.05, 3.63) is 78.1 Å². The second kappa shape index (κ2) is 8.58. The molecular weight excluding hydrogens is 388 g/mol. The third-order valence-corrected chi connectivity index (χ3v) is 6.48. The molecule has 0 radical (unpaired) electrons. The van der Waals surface area contributed by atoms with Crippen LogP contribution in [0.2, 0.25) is 0 Å². The van der Waals surface area contributed by atoms with Crippen LogP contribution in [0.4, 0.5) is 0 Å². The standard InChI is InChI=1S/C21H20N4OS2/c1-24(12-17-11-22-25(14-17)13-16-7-3-2-4-8-16)20(26)15-27-21-23-18-9-5-6-10-19(18)28-21/h2-11,14H,12-13,15H2,1H3. The summed E-state index contributed by atoms with van der Waals surface area (Å²) in [5.74, 6) is 0.467. The molecule has 2 aromatic carbocycles. The molecule has 4 rings (SSSR count). The Bertz CT molecular complexity index is 1040. The molecular formula is C21H20N4OS2. The molecule has 1 amide bonds. The van der Waals surface area contributed by atoms with Crippen molar-refractivity contribution in [2.45, 2.75) is 17.4 Å². The highest BCUT2D eigenvalue weighted by molar-refractivity contribution is 8.01. The maximum atomic E-state index is 12.5. The second-order valence-corrected chi connectivity index (χ2v) is 8.77. The van der Waals surface area contributed by atoms with Gasteiger partial charge in [-0.05, 0) is 17.7 Å². The van der Waals surface area contributed by atoms with Crippen LogP contribution in [0.1, 0.15) is 11.1 Å². The fraction of sp³-hybridized carbons (Fsp3) is 0.190. The molecule has 0 unspecified atom stereocenters. The summed E-state index contributed by atoms with van der Waals surface area (Å²) >= 11 is 3.12. The first-order valence-corrected chi connectivity index (χ1v) is 10.8. The lowest BCUT2D eigenvalue weighted by Gasteiger charge is -2.15. The summed E-state index contributed by atoms with van der Waals surface area (Å²) in [6.07, 6.45) is 3.82. The number of rotatable bonds is 7. The van der Waals surface area contributed by atoms with Crippen molar-refractivity contribution in [1.82, 2.24) is 19.7 Å².